The molecule has 0 amide bonds. The first-order valence-electron chi connectivity index (χ1n) is 4.97. The molecule has 1 aromatic carbocycles. The molecule has 0 saturated heterocycles. The lowest BCUT2D eigenvalue weighted by molar-refractivity contribution is -0.447. The van der Waals surface area contributed by atoms with E-state index in [2.05, 4.69) is 9.59 Å². The van der Waals surface area contributed by atoms with Crippen LogP contribution < -0.4 is 0 Å². The number of benzene rings is 1. The minimum absolute atomic E-state index is 0.423. The second-order valence-corrected chi connectivity index (χ2v) is 4.00. The molecule has 82 valence electrons. The van der Waals surface area contributed by atoms with Gasteiger partial charge in [-0.3, -0.25) is 0 Å². The Morgan fingerprint density at radius 1 is 1.38 bits per heavy atom. The predicted molar refractivity (Wildman–Crippen MR) is 64.7 cm³/mol. The van der Waals surface area contributed by atoms with Gasteiger partial charge in [0.1, 0.15) is 10.6 Å². The van der Waals surface area contributed by atoms with Gasteiger partial charge < -0.3 is 5.21 Å². The summed E-state index contributed by atoms with van der Waals surface area (Å²) in [4.78, 5) is 0.794. The second-order valence-electron chi connectivity index (χ2n) is 3.21. The largest absolute Gasteiger partial charge is 0.624 e. The third kappa shape index (κ3) is 2.25. The molecule has 0 radical (unpaired) electrons. The molecule has 0 aliphatic carbocycles. The molecule has 0 bridgehead atoms. The lowest BCUT2D eigenvalue weighted by atomic mass is 10.1. The van der Waals surface area contributed by atoms with E-state index in [0.717, 1.165) is 20.9 Å². The maximum Gasteiger partial charge on any atom is 0.195 e. The van der Waals surface area contributed by atoms with Crippen LogP contribution in [0.2, 0.25) is 0 Å². The molecule has 1 aromatic heterocycles. The summed E-state index contributed by atoms with van der Waals surface area (Å²) in [6.45, 7) is 2.23. The van der Waals surface area contributed by atoms with Crippen molar-refractivity contribution >= 4 is 17.7 Å². The van der Waals surface area contributed by atoms with E-state index in [1.165, 1.54) is 17.7 Å². The summed E-state index contributed by atoms with van der Waals surface area (Å²) < 4.78 is 4.76. The minimum Gasteiger partial charge on any atom is -0.624 e. The van der Waals surface area contributed by atoms with Crippen LogP contribution >= 0.6 is 11.5 Å². The number of rotatable bonds is 3. The average Bonchev–Trinajstić information content (AvgIpc) is 2.78. The minimum atomic E-state index is 0.423. The Morgan fingerprint density at radius 2 is 2.12 bits per heavy atom. The van der Waals surface area contributed by atoms with Crippen LogP contribution in [-0.4, -0.2) is 27.1 Å². The van der Waals surface area contributed by atoms with Gasteiger partial charge >= 0.3 is 0 Å². The fourth-order valence-corrected chi connectivity index (χ4v) is 1.92. The van der Waals surface area contributed by atoms with E-state index in [4.69, 9.17) is 0 Å². The SMILES string of the molecule is CC[N+]([O-])=Cc1snnc1-c1ccccc1. The van der Waals surface area contributed by atoms with Gasteiger partial charge in [-0.05, 0) is 18.5 Å². The standard InChI is InChI=1S/C11H11N3OS/c1-2-14(15)8-10-11(12-13-16-10)9-6-4-3-5-7-9/h3-8H,2H2,1H3. The summed E-state index contributed by atoms with van der Waals surface area (Å²) in [6, 6.07) is 9.73. The fraction of sp³-hybridized carbons (Fsp3) is 0.182. The fourth-order valence-electron chi connectivity index (χ4n) is 1.30. The molecule has 0 unspecified atom stereocenters. The predicted octanol–water partition coefficient (Wildman–Crippen LogP) is 2.15. The van der Waals surface area contributed by atoms with Crippen LogP contribution in [0.3, 0.4) is 0 Å². The van der Waals surface area contributed by atoms with E-state index in [9.17, 15) is 5.21 Å². The molecule has 4 nitrogen and oxygen atoms in total. The zero-order valence-corrected chi connectivity index (χ0v) is 9.65. The molecule has 0 N–H and O–H groups in total. The van der Waals surface area contributed by atoms with Gasteiger partial charge in [0.2, 0.25) is 0 Å². The van der Waals surface area contributed by atoms with Crippen molar-refractivity contribution in [2.75, 3.05) is 6.54 Å². The van der Waals surface area contributed by atoms with Gasteiger partial charge in [-0.2, -0.15) is 0 Å². The normalized spacial score (nSPS) is 11.7. The molecule has 0 aliphatic rings. The lowest BCUT2D eigenvalue weighted by Gasteiger charge is -1.99. The summed E-state index contributed by atoms with van der Waals surface area (Å²) >= 11 is 1.23. The van der Waals surface area contributed by atoms with Gasteiger partial charge in [-0.15, -0.1) is 5.10 Å². The van der Waals surface area contributed by atoms with E-state index in [1.807, 2.05) is 30.3 Å². The maximum atomic E-state index is 11.3. The molecule has 0 saturated carbocycles. The van der Waals surface area contributed by atoms with Crippen LogP contribution in [0, 0.1) is 5.21 Å². The number of hydrogen-bond donors (Lipinski definition) is 0. The number of hydroxylamine groups is 1. The van der Waals surface area contributed by atoms with Gasteiger partial charge in [-0.25, -0.2) is 4.74 Å². The van der Waals surface area contributed by atoms with Crippen molar-refractivity contribution in [1.82, 2.24) is 9.59 Å². The van der Waals surface area contributed by atoms with Crippen molar-refractivity contribution in [1.29, 1.82) is 0 Å². The molecular formula is C11H11N3OS. The highest BCUT2D eigenvalue weighted by atomic mass is 32.1. The van der Waals surface area contributed by atoms with Gasteiger partial charge in [0.15, 0.2) is 12.8 Å². The molecule has 5 heteroatoms. The molecule has 0 atom stereocenters. The topological polar surface area (TPSA) is 51.9 Å². The molecule has 1 heterocycles. The molecule has 16 heavy (non-hydrogen) atoms. The van der Waals surface area contributed by atoms with Crippen LogP contribution in [0.5, 0.6) is 0 Å². The lowest BCUT2D eigenvalue weighted by Crippen LogP contribution is -2.03. The quantitative estimate of drug-likeness (QED) is 0.353. The number of aromatic nitrogens is 2. The summed E-state index contributed by atoms with van der Waals surface area (Å²) in [5.74, 6) is 0. The molecule has 0 spiro atoms. The van der Waals surface area contributed by atoms with Gasteiger partial charge in [0, 0.05) is 5.56 Å². The van der Waals surface area contributed by atoms with Gasteiger partial charge in [-0.1, -0.05) is 34.8 Å². The highest BCUT2D eigenvalue weighted by Gasteiger charge is 2.10. The summed E-state index contributed by atoms with van der Waals surface area (Å²) in [7, 11) is 0. The van der Waals surface area contributed by atoms with E-state index in [0.29, 0.717) is 6.54 Å². The second kappa shape index (κ2) is 4.85. The Labute approximate surface area is 97.6 Å². The maximum absolute atomic E-state index is 11.3. The van der Waals surface area contributed by atoms with Crippen molar-refractivity contribution < 1.29 is 4.74 Å². The average molecular weight is 233 g/mol. The Morgan fingerprint density at radius 3 is 2.81 bits per heavy atom. The van der Waals surface area contributed by atoms with Crippen LogP contribution in [0.4, 0.5) is 0 Å². The van der Waals surface area contributed by atoms with Crippen molar-refractivity contribution in [3.8, 4) is 11.3 Å². The Hall–Kier alpha value is -1.75. The van der Waals surface area contributed by atoms with Crippen LogP contribution in [0.1, 0.15) is 11.8 Å². The zero-order chi connectivity index (χ0) is 11.4. The van der Waals surface area contributed by atoms with Crippen molar-refractivity contribution in [2.45, 2.75) is 6.92 Å². The van der Waals surface area contributed by atoms with Gasteiger partial charge in [0.25, 0.3) is 0 Å². The third-order valence-electron chi connectivity index (χ3n) is 2.13. The van der Waals surface area contributed by atoms with Crippen molar-refractivity contribution in [3.63, 3.8) is 0 Å². The molecule has 0 aliphatic heterocycles. The van der Waals surface area contributed by atoms with Crippen LogP contribution in [0.15, 0.2) is 30.3 Å². The number of hydrogen-bond acceptors (Lipinski definition) is 4. The van der Waals surface area contributed by atoms with Crippen LogP contribution in [-0.2, 0) is 0 Å². The van der Waals surface area contributed by atoms with Gasteiger partial charge in [0.05, 0.1) is 0 Å². The van der Waals surface area contributed by atoms with Crippen molar-refractivity contribution in [2.24, 2.45) is 0 Å². The zero-order valence-electron chi connectivity index (χ0n) is 8.83. The van der Waals surface area contributed by atoms with E-state index in [-0.39, 0.29) is 0 Å². The van der Waals surface area contributed by atoms with E-state index >= 15 is 0 Å². The highest BCUT2D eigenvalue weighted by Crippen LogP contribution is 2.21. The summed E-state index contributed by atoms with van der Waals surface area (Å²) in [6.07, 6.45) is 1.53. The molecule has 0 fully saturated rings. The first kappa shape index (κ1) is 10.8. The monoisotopic (exact) mass is 233 g/mol. The third-order valence-corrected chi connectivity index (χ3v) is 2.79. The molecular weight excluding hydrogens is 222 g/mol. The molecule has 2 aromatic rings. The number of nitrogens with zero attached hydrogens (tertiary/aromatic N) is 3. The van der Waals surface area contributed by atoms with Crippen molar-refractivity contribution in [3.05, 3.63) is 40.4 Å². The summed E-state index contributed by atoms with van der Waals surface area (Å²) in [5, 5.41) is 15.3. The first-order valence-corrected chi connectivity index (χ1v) is 5.75. The van der Waals surface area contributed by atoms with Crippen LogP contribution in [0.25, 0.3) is 11.3 Å². The smallest absolute Gasteiger partial charge is 0.195 e. The Kier molecular flexibility index (Phi) is 3.26. The highest BCUT2D eigenvalue weighted by molar-refractivity contribution is 7.07. The van der Waals surface area contributed by atoms with E-state index in [1.54, 1.807) is 6.92 Å². The summed E-state index contributed by atoms with van der Waals surface area (Å²) in [5.41, 5.74) is 1.74. The molecule has 2 rings (SSSR count). The Bertz CT molecular complexity index is 493. The first-order chi connectivity index (χ1) is 7.81. The van der Waals surface area contributed by atoms with E-state index < -0.39 is 0 Å². The Balaban J connectivity index is 2.41.